The van der Waals surface area contributed by atoms with Crippen molar-refractivity contribution in [3.63, 3.8) is 0 Å². The average molecular weight is 1660 g/mol. The Bertz CT molecular complexity index is 5220. The molecule has 0 radical (unpaired) electrons. The number of aliphatic hydroxyl groups excluding tert-OH is 4. The molecule has 8 saturated carbocycles. The second kappa shape index (κ2) is 23.6. The first-order valence-electron chi connectivity index (χ1n) is 43.3. The van der Waals surface area contributed by atoms with Crippen LogP contribution < -0.4 is 18.9 Å². The van der Waals surface area contributed by atoms with Gasteiger partial charge in [-0.05, 0) is 123 Å². The molecule has 28 aliphatic rings. The van der Waals surface area contributed by atoms with Gasteiger partial charge in [0.1, 0.15) is 127 Å². The summed E-state index contributed by atoms with van der Waals surface area (Å²) in [5.74, 6) is 7.59. The molecule has 8 spiro atoms. The maximum absolute atomic E-state index is 14.0. The number of Topliss-reactive ketones (excluding diaryl/α,β-unsaturated/α-hetero) is 2. The van der Waals surface area contributed by atoms with Gasteiger partial charge in [0.25, 0.3) is 0 Å². The topological polar surface area (TPSA) is 408 Å². The summed E-state index contributed by atoms with van der Waals surface area (Å²) < 4.78 is 96.9. The number of fused-ring (bicyclic) bond motifs is 16. The van der Waals surface area contributed by atoms with Gasteiger partial charge in [-0.1, -0.05) is 55.4 Å². The van der Waals surface area contributed by atoms with Gasteiger partial charge in [0.05, 0.1) is 42.5 Å². The molecule has 0 aromatic heterocycles. The van der Waals surface area contributed by atoms with Crippen LogP contribution in [0.2, 0.25) is 0 Å². The molecule has 28 nitrogen and oxygen atoms in total. The first kappa shape index (κ1) is 79.5. The minimum Gasteiger partial charge on any atom is -0.458 e. The summed E-state index contributed by atoms with van der Waals surface area (Å²) >= 11 is 0. The summed E-state index contributed by atoms with van der Waals surface area (Å²) in [7, 11) is 0. The largest absolute Gasteiger partial charge is 1.00 e. The zero-order chi connectivity index (χ0) is 83.9. The van der Waals surface area contributed by atoms with E-state index in [1.165, 1.54) is 0 Å². The van der Waals surface area contributed by atoms with E-state index in [9.17, 15) is 59.1 Å². The Hall–Kier alpha value is -6.12. The molecule has 0 aromatic rings. The Morgan fingerprint density at radius 3 is 1.33 bits per heavy atom. The number of cyclic esters (lactones) is 4. The van der Waals surface area contributed by atoms with E-state index in [4.69, 9.17) is 95.1 Å². The Labute approximate surface area is 710 Å². The molecule has 16 aliphatic heterocycles. The van der Waals surface area contributed by atoms with E-state index < -0.39 is 115 Å². The van der Waals surface area contributed by atoms with E-state index >= 15 is 0 Å². The predicted molar refractivity (Wildman–Crippen MR) is 402 cm³/mol. The van der Waals surface area contributed by atoms with Gasteiger partial charge in [-0.2, -0.15) is 6.92 Å². The van der Waals surface area contributed by atoms with Crippen LogP contribution in [0.1, 0.15) is 152 Å². The fraction of sp³-hybridized carbons (Fsp3) is 0.739. The van der Waals surface area contributed by atoms with Crippen molar-refractivity contribution in [2.45, 2.75) is 316 Å². The molecule has 28 rings (SSSR count). The van der Waals surface area contributed by atoms with Gasteiger partial charge in [-0.3, -0.25) is 9.59 Å². The maximum atomic E-state index is 14.0. The number of aldehydes is 1. The van der Waals surface area contributed by atoms with Crippen molar-refractivity contribution in [1.82, 2.24) is 0 Å². The van der Waals surface area contributed by atoms with Crippen LogP contribution in [0.4, 0.5) is 0 Å². The summed E-state index contributed by atoms with van der Waals surface area (Å²) in [5, 5.41) is 55.0. The Morgan fingerprint density at radius 1 is 0.471 bits per heavy atom. The molecule has 7 unspecified atom stereocenters. The molecule has 12 saturated heterocycles. The number of rotatable bonds is 11. The van der Waals surface area contributed by atoms with Crippen LogP contribution in [-0.2, 0) is 109 Å². The van der Waals surface area contributed by atoms with Crippen molar-refractivity contribution in [3.05, 3.63) is 51.5 Å². The molecule has 29 heteroatoms. The number of carbonyl (C=O) groups is 7. The average Bonchev–Trinajstić information content (AvgIpc) is 1.42. The molecular weight excluding hydrogens is 1560 g/mol. The first-order valence-corrected chi connectivity index (χ1v) is 43.3. The van der Waals surface area contributed by atoms with Crippen LogP contribution >= 0.6 is 0 Å². The third kappa shape index (κ3) is 8.01. The van der Waals surface area contributed by atoms with E-state index in [2.05, 4.69) is 58.8 Å². The number of hydrogen-bond acceptors (Lipinski definition) is 28. The summed E-state index contributed by atoms with van der Waals surface area (Å²) in [6.07, 6.45) is 25.2. The van der Waals surface area contributed by atoms with Crippen molar-refractivity contribution in [2.75, 3.05) is 33.0 Å². The Kier molecular flexibility index (Phi) is 15.5. The van der Waals surface area contributed by atoms with E-state index in [-0.39, 0.29) is 199 Å². The summed E-state index contributed by atoms with van der Waals surface area (Å²) in [4.78, 5) is 87.6. The third-order valence-corrected chi connectivity index (χ3v) is 38.1. The third-order valence-electron chi connectivity index (χ3n) is 38.1. The molecule has 40 atom stereocenters. The zero-order valence-electron chi connectivity index (χ0n) is 69.1. The zero-order valence-corrected chi connectivity index (χ0v) is 69.1. The van der Waals surface area contributed by atoms with Crippen LogP contribution in [0.15, 0.2) is 44.6 Å². The number of carbonyl (C=O) groups excluding carboxylic acids is 7. The molecule has 20 fully saturated rings. The predicted octanol–water partition coefficient (Wildman–Crippen LogP) is -0.440. The fourth-order valence-electron chi connectivity index (χ4n) is 31.8. The van der Waals surface area contributed by atoms with Gasteiger partial charge in [-0.25, -0.2) is 19.2 Å². The summed E-state index contributed by atoms with van der Waals surface area (Å²) in [6, 6.07) is 0. The maximum Gasteiger partial charge on any atom is 1.00 e. The van der Waals surface area contributed by atoms with Crippen LogP contribution in [0.5, 0.6) is 0 Å². The van der Waals surface area contributed by atoms with Crippen molar-refractivity contribution in [3.8, 4) is 49.4 Å². The number of esters is 4. The smallest absolute Gasteiger partial charge is 0.458 e. The van der Waals surface area contributed by atoms with Crippen molar-refractivity contribution in [2.24, 2.45) is 69.0 Å². The summed E-state index contributed by atoms with van der Waals surface area (Å²) in [6.45, 7) is 20.5. The number of ether oxygens (including phenoxy) is 16. The van der Waals surface area contributed by atoms with Crippen LogP contribution in [0.3, 0.4) is 0 Å². The first-order chi connectivity index (χ1) is 57.2. The standard InChI is InChI=1S/C26H28O7.C23H24O7.C20H24O7.C20H20O7.C3H3.Li/c1-5-7-17(27)13(3)24-19(32-24)20-26(33-20)22(4)10-8-14-15(12-30-21(14)28)16(22)11-18-25(26,31-18)23(24,29)9-6-2;1-4-5-14(24)10(2)21-16(29-21)17-23(30-17)20(3)7-6-11-12(9-27-18(11)25)13(20)8-15-22(23,28-15)19(21)26;2*1-8(6-21)18-13(26-18)14-20(27-14)17(2)4-3-9-10(7-24-15(9)22)11(17)5-12-19(20,25-12)16(18)23;1-3-2;/h1-2,13,16-20,27,29H,7-12H2,3-4H3;1,10,13-17,24H,5-9H2,2-3H3;8,11-14,16,21,23H,3-7H2,1-2H3;6,8,11-14H,3-5,7H2,1-2H3;1H,2H2;/q;;;;-1;+1/t13?,16-,17?,18-,19-,20-,22-,23?,24-,25+,26+;10?,13-,14?,15-,16-,17-,20-,21-,22+,23+;8?,11-,12-,13-,14-,16+,17-,18-,19+,20+;8?,11-,12-,13-,14-,17-,18-,19+,20+;;/m0000../s1. The number of hydrogen-bond donors (Lipinski definition) is 5. The van der Waals surface area contributed by atoms with Gasteiger partial charge in [0.15, 0.2) is 33.6 Å². The Balaban J connectivity index is 0.0000000928. The normalized spacial score (nSPS) is 56.2. The molecule has 0 aromatic carbocycles. The molecule has 0 amide bonds. The van der Waals surface area contributed by atoms with Crippen LogP contribution in [0, 0.1) is 125 Å². The van der Waals surface area contributed by atoms with E-state index in [0.717, 1.165) is 83.0 Å². The van der Waals surface area contributed by atoms with Crippen molar-refractivity contribution in [1.29, 1.82) is 0 Å². The van der Waals surface area contributed by atoms with E-state index in [0.29, 0.717) is 71.4 Å². The second-order valence-corrected chi connectivity index (χ2v) is 41.1. The number of ketones is 2. The summed E-state index contributed by atoms with van der Waals surface area (Å²) in [5.41, 5.74) is -5.68. The van der Waals surface area contributed by atoms with Gasteiger partial charge in [0.2, 0.25) is 11.6 Å². The van der Waals surface area contributed by atoms with Gasteiger partial charge < -0.3 is 118 Å². The van der Waals surface area contributed by atoms with Crippen LogP contribution in [0.25, 0.3) is 0 Å². The van der Waals surface area contributed by atoms with Crippen molar-refractivity contribution < 1.29 is 154 Å². The molecule has 121 heavy (non-hydrogen) atoms. The van der Waals surface area contributed by atoms with Gasteiger partial charge >= 0.3 is 42.7 Å². The molecule has 0 bridgehead atoms. The minimum absolute atomic E-state index is 0. The van der Waals surface area contributed by atoms with Gasteiger partial charge in [0, 0.05) is 87.6 Å². The minimum atomic E-state index is -1.53. The molecular formula is C92H99LiO28. The molecule has 5 N–H and O–H groups in total. The van der Waals surface area contributed by atoms with E-state index in [1.54, 1.807) is 6.92 Å². The number of epoxide rings is 12. The fourth-order valence-corrected chi connectivity index (χ4v) is 31.8. The monoisotopic (exact) mass is 1660 g/mol. The Morgan fingerprint density at radius 2 is 0.868 bits per heavy atom. The molecule has 16 heterocycles. The quantitative estimate of drug-likeness (QED) is 0.0333. The molecule has 636 valence electrons. The van der Waals surface area contributed by atoms with E-state index in [1.807, 2.05) is 26.7 Å². The van der Waals surface area contributed by atoms with Crippen LogP contribution in [-0.4, -0.2) is 265 Å². The number of aliphatic hydroxyl groups is 5. The SMILES string of the molecule is C#CCC(O)C(C)[C@]12O[C@H]1[C@@H]1O[C@@]13[C@@]1(C)CCC4=C(COC4=O)[C@@H]1C[C@@H]1O[C@@]13C2(O)CC#C.C#CCC(O)C(C)[C@]12O[C@H]1[C@@H]1O[C@@]13[C@@]1(C)CCC4=C(COC4=O)[C@@H]1C[C@@H]1O[C@@]13C2=O.C#C[CH2-].CC(C=O)[C@]12O[C@H]1[C@@H]1O[C@@]13[C@@]1(C)CCC4=C(COC4=O)[C@@H]1C[C@@H]1O[C@@]13C2=O.CC(CO)[C@]12O[C@H]1[C@@H]1O[C@]13[C@]1(O[C@H]1C[C@H]1C4=C(CC[C@@]13C)C(=O)OC4)[C@@H]2O.[Li+]. The van der Waals surface area contributed by atoms with Gasteiger partial charge in [-0.15, -0.1) is 37.0 Å². The molecule has 12 aliphatic carbocycles. The number of terminal acetylenes is 4. The van der Waals surface area contributed by atoms with Crippen molar-refractivity contribution >= 4 is 41.7 Å². The second-order valence-electron chi connectivity index (χ2n) is 41.1.